The lowest BCUT2D eigenvalue weighted by Crippen LogP contribution is -2.32. The first-order valence-electron chi connectivity index (χ1n) is 10.6. The van der Waals surface area contributed by atoms with Crippen LogP contribution in [0.5, 0.6) is 0 Å². The molecule has 2 N–H and O–H groups in total. The Kier molecular flexibility index (Phi) is 7.96. The second-order valence-corrected chi connectivity index (χ2v) is 9.60. The average Bonchev–Trinajstić information content (AvgIpc) is 3.11. The molecule has 0 saturated carbocycles. The molecule has 34 heavy (non-hydrogen) atoms. The average molecular weight is 493 g/mol. The number of nitrogens with one attached hydrogen (secondary N) is 1. The second-order valence-electron chi connectivity index (χ2n) is 8.15. The summed E-state index contributed by atoms with van der Waals surface area (Å²) >= 11 is -1.61. The number of nitrogens with zero attached hydrogens (tertiary/aromatic N) is 1. The number of carbonyl (C=O) groups is 2. The number of aromatic nitrogens is 1. The Bertz CT molecular complexity index is 1210. The van der Waals surface area contributed by atoms with Gasteiger partial charge >= 0.3 is 5.97 Å². The molecule has 1 heterocycles. The highest BCUT2D eigenvalue weighted by atomic mass is 32.2. The largest absolute Gasteiger partial charge is 0.611 e. The van der Waals surface area contributed by atoms with Crippen molar-refractivity contribution in [1.82, 2.24) is 9.88 Å². The predicted octanol–water partition coefficient (Wildman–Crippen LogP) is 3.29. The van der Waals surface area contributed by atoms with Crippen molar-refractivity contribution in [3.8, 4) is 0 Å². The molecule has 0 radical (unpaired) electrons. The van der Waals surface area contributed by atoms with Gasteiger partial charge in [0, 0.05) is 12.4 Å². The van der Waals surface area contributed by atoms with E-state index in [9.17, 15) is 28.0 Å². The van der Waals surface area contributed by atoms with E-state index in [-0.39, 0.29) is 28.5 Å². The molecule has 1 amide bonds. The fourth-order valence-electron chi connectivity index (χ4n) is 3.55. The fraction of sp³-hybridized carbons (Fsp3) is 0.333. The molecule has 2 aromatic carbocycles. The van der Waals surface area contributed by atoms with Gasteiger partial charge in [-0.15, -0.1) is 0 Å². The molecular weight excluding hydrogens is 466 g/mol. The van der Waals surface area contributed by atoms with Crippen LogP contribution in [0.3, 0.4) is 0 Å². The highest BCUT2D eigenvalue weighted by molar-refractivity contribution is 7.92. The van der Waals surface area contributed by atoms with Crippen LogP contribution >= 0.6 is 0 Å². The molecule has 1 aromatic heterocycles. The Morgan fingerprint density at radius 3 is 2.41 bits per heavy atom. The summed E-state index contributed by atoms with van der Waals surface area (Å²) in [6, 6.07) is 8.18. The lowest BCUT2D eigenvalue weighted by molar-refractivity contribution is -0.144. The van der Waals surface area contributed by atoms with E-state index >= 15 is 0 Å². The zero-order chi connectivity index (χ0) is 25.2. The van der Waals surface area contributed by atoms with E-state index in [0.717, 1.165) is 0 Å². The van der Waals surface area contributed by atoms with E-state index in [1.165, 1.54) is 23.6 Å². The first kappa shape index (κ1) is 25.7. The Balaban J connectivity index is 1.76. The molecule has 0 aliphatic rings. The summed E-state index contributed by atoms with van der Waals surface area (Å²) < 4.78 is 47.1. The number of ether oxygens (including phenoxy) is 1. The zero-order valence-corrected chi connectivity index (χ0v) is 20.0. The normalized spacial score (nSPS) is 13.2. The lowest BCUT2D eigenvalue weighted by Gasteiger charge is -2.18. The van der Waals surface area contributed by atoms with Crippen LogP contribution in [-0.4, -0.2) is 44.6 Å². The number of rotatable bonds is 8. The molecule has 7 nitrogen and oxygen atoms in total. The summed E-state index contributed by atoms with van der Waals surface area (Å²) in [7, 11) is 1.57. The first-order chi connectivity index (χ1) is 16.0. The number of fused-ring (bicyclic) bond motifs is 1. The van der Waals surface area contributed by atoms with Gasteiger partial charge in [-0.1, -0.05) is 12.1 Å². The molecule has 0 aliphatic carbocycles. The van der Waals surface area contributed by atoms with Crippen molar-refractivity contribution in [2.24, 2.45) is 7.05 Å². The minimum absolute atomic E-state index is 0.0147. The number of aliphatic hydroxyl groups excluding tert-OH is 1. The number of amides is 1. The van der Waals surface area contributed by atoms with Gasteiger partial charge in [-0.3, -0.25) is 4.79 Å². The van der Waals surface area contributed by atoms with Crippen LogP contribution in [0.1, 0.15) is 41.5 Å². The van der Waals surface area contributed by atoms with Gasteiger partial charge in [-0.25, -0.2) is 13.6 Å². The minimum atomic E-state index is -1.61. The fourth-order valence-corrected chi connectivity index (χ4v) is 4.44. The Morgan fingerprint density at radius 2 is 1.82 bits per heavy atom. The molecule has 0 fully saturated rings. The summed E-state index contributed by atoms with van der Waals surface area (Å²) in [5.41, 5.74) is 1.12. The van der Waals surface area contributed by atoms with Crippen molar-refractivity contribution in [3.63, 3.8) is 0 Å². The Labute approximate surface area is 198 Å². The first-order valence-corrected chi connectivity index (χ1v) is 11.9. The minimum Gasteiger partial charge on any atom is -0.611 e. The number of aliphatic hydroxyl groups is 1. The van der Waals surface area contributed by atoms with Gasteiger partial charge in [0.1, 0.15) is 5.69 Å². The zero-order valence-electron chi connectivity index (χ0n) is 19.2. The third kappa shape index (κ3) is 5.40. The van der Waals surface area contributed by atoms with Crippen molar-refractivity contribution in [2.75, 3.05) is 12.4 Å². The van der Waals surface area contributed by atoms with Crippen LogP contribution < -0.4 is 5.32 Å². The standard InChI is InChI=1S/C24H26F2N2O5S/c1-13(2)33-21(30)12-34(32)16-7-5-15(6-8-16)18(11-29)27-24(31)20-10-17-19(28(20)4)9-14(3)22(25)23(17)26/h5-10,13,18,29H,11-12H2,1-4H3,(H,27,31). The van der Waals surface area contributed by atoms with Crippen molar-refractivity contribution < 1.29 is 32.8 Å². The molecule has 182 valence electrons. The second kappa shape index (κ2) is 10.5. The van der Waals surface area contributed by atoms with Crippen molar-refractivity contribution in [2.45, 2.75) is 37.8 Å². The molecule has 3 rings (SSSR count). The molecule has 3 aromatic rings. The SMILES string of the molecule is Cc1cc2c(cc(C(=O)NC(CO)c3ccc([S+]([O-])CC(=O)OC(C)C)cc3)n2C)c(F)c1F. The van der Waals surface area contributed by atoms with E-state index in [1.54, 1.807) is 45.2 Å². The summed E-state index contributed by atoms with van der Waals surface area (Å²) in [6.45, 7) is 4.41. The third-order valence-corrected chi connectivity index (χ3v) is 6.59. The van der Waals surface area contributed by atoms with Crippen molar-refractivity contribution in [3.05, 3.63) is 64.9 Å². The van der Waals surface area contributed by atoms with Gasteiger partial charge < -0.3 is 24.3 Å². The number of halogens is 2. The maximum absolute atomic E-state index is 14.3. The molecule has 2 unspecified atom stereocenters. The van der Waals surface area contributed by atoms with Gasteiger partial charge in [0.05, 0.1) is 24.3 Å². The van der Waals surface area contributed by atoms with Crippen LogP contribution in [0, 0.1) is 18.6 Å². The van der Waals surface area contributed by atoms with Crippen molar-refractivity contribution >= 4 is 34.0 Å². The van der Waals surface area contributed by atoms with Crippen molar-refractivity contribution in [1.29, 1.82) is 0 Å². The van der Waals surface area contributed by atoms with Crippen LogP contribution in [0.2, 0.25) is 0 Å². The van der Waals surface area contributed by atoms with Crippen LogP contribution in [0.15, 0.2) is 41.3 Å². The van der Waals surface area contributed by atoms with E-state index in [4.69, 9.17) is 4.74 Å². The summed E-state index contributed by atoms with van der Waals surface area (Å²) in [5, 5.41) is 12.5. The highest BCUT2D eigenvalue weighted by Gasteiger charge is 2.23. The molecule has 0 aliphatic heterocycles. The highest BCUT2D eigenvalue weighted by Crippen LogP contribution is 2.27. The summed E-state index contributed by atoms with van der Waals surface area (Å²) in [4.78, 5) is 25.0. The van der Waals surface area contributed by atoms with Gasteiger partial charge in [-0.2, -0.15) is 0 Å². The quantitative estimate of drug-likeness (QED) is 0.371. The third-order valence-electron chi connectivity index (χ3n) is 5.29. The molecule has 0 saturated heterocycles. The van der Waals surface area contributed by atoms with E-state index in [1.807, 2.05) is 0 Å². The number of carbonyl (C=O) groups excluding carboxylic acids is 2. The molecule has 10 heteroatoms. The predicted molar refractivity (Wildman–Crippen MR) is 124 cm³/mol. The Morgan fingerprint density at radius 1 is 1.18 bits per heavy atom. The monoisotopic (exact) mass is 492 g/mol. The van der Waals surface area contributed by atoms with Gasteiger partial charge in [0.25, 0.3) is 5.91 Å². The topological polar surface area (TPSA) is 104 Å². The molecule has 0 bridgehead atoms. The Hall–Kier alpha value is -2.95. The number of benzene rings is 2. The van der Waals surface area contributed by atoms with Gasteiger partial charge in [0.15, 0.2) is 16.5 Å². The maximum atomic E-state index is 14.3. The van der Waals surface area contributed by atoms with Gasteiger partial charge in [-0.05, 0) is 67.3 Å². The summed E-state index contributed by atoms with van der Waals surface area (Å²) in [5.74, 6) is -3.42. The van der Waals surface area contributed by atoms with E-state index < -0.39 is 47.3 Å². The number of hydrogen-bond acceptors (Lipinski definition) is 5. The number of esters is 1. The smallest absolute Gasteiger partial charge is 0.357 e. The molecular formula is C24H26F2N2O5S. The number of aryl methyl sites for hydroxylation is 2. The lowest BCUT2D eigenvalue weighted by atomic mass is 10.1. The molecule has 2 atom stereocenters. The van der Waals surface area contributed by atoms with E-state index in [2.05, 4.69) is 5.32 Å². The van der Waals surface area contributed by atoms with Crippen LogP contribution in [-0.2, 0) is 27.8 Å². The maximum Gasteiger partial charge on any atom is 0.357 e. The molecule has 0 spiro atoms. The van der Waals surface area contributed by atoms with Crippen LogP contribution in [0.4, 0.5) is 8.78 Å². The van der Waals surface area contributed by atoms with Crippen LogP contribution in [0.25, 0.3) is 10.9 Å². The van der Waals surface area contributed by atoms with E-state index in [0.29, 0.717) is 16.0 Å². The summed E-state index contributed by atoms with van der Waals surface area (Å²) in [6.07, 6.45) is -0.304. The number of hydrogen-bond donors (Lipinski definition) is 2. The van der Waals surface area contributed by atoms with Gasteiger partial charge in [0.2, 0.25) is 5.75 Å².